The van der Waals surface area contributed by atoms with Crippen LogP contribution in [0.5, 0.6) is 0 Å². The molecule has 0 aromatic carbocycles. The van der Waals surface area contributed by atoms with Crippen molar-refractivity contribution in [2.75, 3.05) is 17.3 Å². The summed E-state index contributed by atoms with van der Waals surface area (Å²) in [7, 11) is 1.50. The number of fused-ring (bicyclic) bond motifs is 1. The molecule has 1 amide bonds. The van der Waals surface area contributed by atoms with Crippen LogP contribution in [-0.2, 0) is 4.74 Å². The van der Waals surface area contributed by atoms with Gasteiger partial charge >= 0.3 is 6.09 Å². The second-order valence-electron chi connectivity index (χ2n) is 10.7. The molecule has 40 heavy (non-hydrogen) atoms. The molecule has 2 atom stereocenters. The Balaban J connectivity index is 1.57. The zero-order valence-corrected chi connectivity index (χ0v) is 22.8. The second kappa shape index (κ2) is 10.1. The highest BCUT2D eigenvalue weighted by Gasteiger charge is 2.39. The van der Waals surface area contributed by atoms with Crippen molar-refractivity contribution in [3.8, 4) is 5.82 Å². The van der Waals surface area contributed by atoms with E-state index in [0.29, 0.717) is 18.1 Å². The van der Waals surface area contributed by atoms with Gasteiger partial charge in [0.15, 0.2) is 11.4 Å². The Morgan fingerprint density at radius 2 is 2.00 bits per heavy atom. The number of ketones is 1. The van der Waals surface area contributed by atoms with Crippen LogP contribution in [0.15, 0.2) is 47.7 Å². The molecule has 5 rings (SSSR count). The first-order valence-corrected chi connectivity index (χ1v) is 12.7. The van der Waals surface area contributed by atoms with Crippen LogP contribution < -0.4 is 15.8 Å². The van der Waals surface area contributed by atoms with Crippen molar-refractivity contribution in [1.82, 2.24) is 29.1 Å². The quantitative estimate of drug-likeness (QED) is 0.340. The van der Waals surface area contributed by atoms with E-state index in [2.05, 4.69) is 25.4 Å². The Kier molecular flexibility index (Phi) is 6.82. The fraction of sp³-hybridized carbons (Fsp3) is 0.370. The highest BCUT2D eigenvalue weighted by Crippen LogP contribution is 2.38. The first kappa shape index (κ1) is 26.9. The highest BCUT2D eigenvalue weighted by molar-refractivity contribution is 6.02. The molecule has 0 unspecified atom stereocenters. The summed E-state index contributed by atoms with van der Waals surface area (Å²) >= 11 is 0. The number of aryl methyl sites for hydroxylation is 1. The number of carbonyl (C=O) groups is 2. The van der Waals surface area contributed by atoms with Gasteiger partial charge in [-0.15, -0.1) is 0 Å². The van der Waals surface area contributed by atoms with Crippen molar-refractivity contribution < 1.29 is 18.7 Å². The van der Waals surface area contributed by atoms with Gasteiger partial charge in [0.2, 0.25) is 0 Å². The summed E-state index contributed by atoms with van der Waals surface area (Å²) < 4.78 is 21.7. The van der Waals surface area contributed by atoms with Gasteiger partial charge < -0.3 is 10.1 Å². The molecule has 13 heteroatoms. The van der Waals surface area contributed by atoms with Gasteiger partial charge in [-0.25, -0.2) is 24.1 Å². The Morgan fingerprint density at radius 1 is 1.25 bits per heavy atom. The summed E-state index contributed by atoms with van der Waals surface area (Å²) in [5, 5.41) is 7.31. The number of nitrogens with one attached hydrogen (secondary N) is 1. The lowest BCUT2D eigenvalue weighted by Gasteiger charge is -2.25. The van der Waals surface area contributed by atoms with Gasteiger partial charge in [-0.3, -0.25) is 19.1 Å². The number of anilines is 3. The van der Waals surface area contributed by atoms with Crippen molar-refractivity contribution in [2.24, 2.45) is 5.92 Å². The number of rotatable bonds is 7. The van der Waals surface area contributed by atoms with Crippen LogP contribution >= 0.6 is 0 Å². The van der Waals surface area contributed by atoms with E-state index < -0.39 is 23.4 Å². The summed E-state index contributed by atoms with van der Waals surface area (Å²) in [5.74, 6) is 0.685. The van der Waals surface area contributed by atoms with E-state index in [9.17, 15) is 18.8 Å². The molecule has 1 N–H and O–H groups in total. The predicted molar refractivity (Wildman–Crippen MR) is 145 cm³/mol. The lowest BCUT2D eigenvalue weighted by molar-refractivity contribution is 0.0587. The maximum absolute atomic E-state index is 13.5. The maximum Gasteiger partial charge on any atom is 0.415 e. The largest absolute Gasteiger partial charge is 0.443 e. The molecule has 0 spiro atoms. The minimum Gasteiger partial charge on any atom is -0.443 e. The Hall–Kier alpha value is -4.68. The molecule has 4 aromatic heterocycles. The summed E-state index contributed by atoms with van der Waals surface area (Å²) in [4.78, 5) is 53.5. The SMILES string of the molecule is Cc1nccc(-n2cccc(Nc3cc(N(C)C(=O)OC(C)(C)C)n4ncc(C(=O)C[C@@H]5C[C@@H]5F)c4n3)c2=O)n1. The number of halogens is 1. The molecular weight excluding hydrogens is 519 g/mol. The van der Waals surface area contributed by atoms with Crippen LogP contribution in [-0.4, -0.2) is 59.8 Å². The van der Waals surface area contributed by atoms with Crippen molar-refractivity contribution in [3.05, 3.63) is 64.6 Å². The molecule has 1 aliphatic carbocycles. The average molecular weight is 549 g/mol. The van der Waals surface area contributed by atoms with E-state index >= 15 is 0 Å². The number of nitrogens with zero attached hydrogens (tertiary/aromatic N) is 7. The minimum absolute atomic E-state index is 0.0286. The van der Waals surface area contributed by atoms with Crippen LogP contribution in [0.1, 0.15) is 49.8 Å². The number of pyridine rings is 1. The van der Waals surface area contributed by atoms with Crippen LogP contribution in [0.25, 0.3) is 11.5 Å². The summed E-state index contributed by atoms with van der Waals surface area (Å²) in [6.45, 7) is 6.95. The third-order valence-corrected chi connectivity index (χ3v) is 6.27. The molecular formula is C27H29FN8O4. The first-order chi connectivity index (χ1) is 18.9. The van der Waals surface area contributed by atoms with E-state index in [1.807, 2.05) is 0 Å². The zero-order chi connectivity index (χ0) is 28.8. The predicted octanol–water partition coefficient (Wildman–Crippen LogP) is 4.02. The monoisotopic (exact) mass is 548 g/mol. The lowest BCUT2D eigenvalue weighted by Crippen LogP contribution is -2.35. The van der Waals surface area contributed by atoms with E-state index in [-0.39, 0.29) is 46.7 Å². The molecule has 1 saturated carbocycles. The Morgan fingerprint density at radius 3 is 2.67 bits per heavy atom. The molecule has 0 aliphatic heterocycles. The fourth-order valence-electron chi connectivity index (χ4n) is 4.13. The summed E-state index contributed by atoms with van der Waals surface area (Å²) in [6, 6.07) is 6.38. The third kappa shape index (κ3) is 5.53. The molecule has 0 bridgehead atoms. The second-order valence-corrected chi connectivity index (χ2v) is 10.7. The maximum atomic E-state index is 13.5. The number of hydrogen-bond donors (Lipinski definition) is 1. The average Bonchev–Trinajstić information content (AvgIpc) is 3.40. The fourth-order valence-corrected chi connectivity index (χ4v) is 4.13. The number of aromatic nitrogens is 6. The lowest BCUT2D eigenvalue weighted by atomic mass is 10.1. The number of hydrogen-bond acceptors (Lipinski definition) is 9. The minimum atomic E-state index is -0.983. The van der Waals surface area contributed by atoms with Gasteiger partial charge in [0.1, 0.15) is 40.7 Å². The van der Waals surface area contributed by atoms with E-state index in [1.165, 1.54) is 33.3 Å². The molecule has 208 valence electrons. The third-order valence-electron chi connectivity index (χ3n) is 6.27. The molecule has 4 heterocycles. The topological polar surface area (TPSA) is 137 Å². The summed E-state index contributed by atoms with van der Waals surface area (Å²) in [5.41, 5.74) is -0.655. The van der Waals surface area contributed by atoms with Crippen LogP contribution in [0.2, 0.25) is 0 Å². The van der Waals surface area contributed by atoms with Crippen LogP contribution in [0.3, 0.4) is 0 Å². The zero-order valence-electron chi connectivity index (χ0n) is 22.8. The van der Waals surface area contributed by atoms with Crippen molar-refractivity contribution in [1.29, 1.82) is 0 Å². The number of amides is 1. The van der Waals surface area contributed by atoms with E-state index in [0.717, 1.165) is 0 Å². The number of Topliss-reactive ketones (excluding diaryl/α,β-unsaturated/α-hetero) is 1. The van der Waals surface area contributed by atoms with Crippen molar-refractivity contribution in [3.63, 3.8) is 0 Å². The Bertz CT molecular complexity index is 1680. The van der Waals surface area contributed by atoms with Crippen molar-refractivity contribution >= 4 is 34.8 Å². The number of alkyl halides is 1. The molecule has 1 aliphatic rings. The van der Waals surface area contributed by atoms with E-state index in [4.69, 9.17) is 4.74 Å². The smallest absolute Gasteiger partial charge is 0.415 e. The van der Waals surface area contributed by atoms with Gasteiger partial charge in [-0.05, 0) is 52.3 Å². The number of carbonyl (C=O) groups excluding carboxylic acids is 2. The van der Waals surface area contributed by atoms with Gasteiger partial charge in [-0.1, -0.05) is 0 Å². The molecule has 1 fully saturated rings. The van der Waals surface area contributed by atoms with Gasteiger partial charge in [0.25, 0.3) is 5.56 Å². The molecule has 4 aromatic rings. The Labute approximate surface area is 228 Å². The van der Waals surface area contributed by atoms with Crippen LogP contribution in [0.4, 0.5) is 26.5 Å². The van der Waals surface area contributed by atoms with Crippen molar-refractivity contribution in [2.45, 2.75) is 52.3 Å². The molecule has 0 radical (unpaired) electrons. The molecule has 0 saturated heterocycles. The first-order valence-electron chi connectivity index (χ1n) is 12.7. The highest BCUT2D eigenvalue weighted by atomic mass is 19.1. The number of ether oxygens (including phenoxy) is 1. The molecule has 12 nitrogen and oxygen atoms in total. The van der Waals surface area contributed by atoms with Gasteiger partial charge in [0.05, 0.1) is 11.8 Å². The normalized spacial score (nSPS) is 16.6. The summed E-state index contributed by atoms with van der Waals surface area (Å²) in [6.07, 6.45) is 3.23. The van der Waals surface area contributed by atoms with Gasteiger partial charge in [0, 0.05) is 37.8 Å². The van der Waals surface area contributed by atoms with Gasteiger partial charge in [-0.2, -0.15) is 9.61 Å². The standard InChI is InChI=1S/C27H29FN8O4/c1-15-29-9-8-22(31-15)35-10-6-7-19(25(35)38)32-21-13-23(34(5)26(39)40-27(2,3)4)36-24(33-21)17(14-30-36)20(37)12-16-11-18(16)28/h6-10,13-14,16,18H,11-12H2,1-5H3,(H,32,33)/t16-,18-/m0/s1. The van der Waals surface area contributed by atoms with E-state index in [1.54, 1.807) is 58.3 Å². The van der Waals surface area contributed by atoms with Crippen LogP contribution in [0, 0.1) is 12.8 Å².